The van der Waals surface area contributed by atoms with E-state index in [2.05, 4.69) is 20.9 Å². The van der Waals surface area contributed by atoms with Crippen LogP contribution in [-0.2, 0) is 32.1 Å². The van der Waals surface area contributed by atoms with Gasteiger partial charge in [-0.3, -0.25) is 24.2 Å². The van der Waals surface area contributed by atoms with Crippen molar-refractivity contribution in [1.29, 1.82) is 0 Å². The summed E-state index contributed by atoms with van der Waals surface area (Å²) in [5, 5.41) is 19.7. The van der Waals surface area contributed by atoms with Gasteiger partial charge in [-0.1, -0.05) is 36.4 Å². The smallest absolute Gasteiger partial charge is 0.289 e. The maximum absolute atomic E-state index is 13.9. The molecule has 1 aromatic heterocycles. The summed E-state index contributed by atoms with van der Waals surface area (Å²) in [6, 6.07) is 13.4. The van der Waals surface area contributed by atoms with Crippen LogP contribution in [0.25, 0.3) is 0 Å². The second kappa shape index (κ2) is 10.7. The fourth-order valence-electron chi connectivity index (χ4n) is 8.04. The van der Waals surface area contributed by atoms with Gasteiger partial charge in [-0.15, -0.1) is 0 Å². The van der Waals surface area contributed by atoms with Crippen molar-refractivity contribution in [3.05, 3.63) is 66.0 Å². The Hall–Kier alpha value is -3.59. The van der Waals surface area contributed by atoms with Crippen LogP contribution in [0.4, 0.5) is 0 Å². The number of amides is 3. The molecular weight excluding hydrogens is 520 g/mol. The second-order valence-electron chi connectivity index (χ2n) is 12.9. The first kappa shape index (κ1) is 27.6. The van der Waals surface area contributed by atoms with Crippen LogP contribution in [0.3, 0.4) is 0 Å². The Labute approximate surface area is 239 Å². The van der Waals surface area contributed by atoms with Crippen LogP contribution < -0.4 is 16.0 Å². The Balaban J connectivity index is 1.16. The predicted molar refractivity (Wildman–Crippen MR) is 150 cm³/mol. The molecule has 9 nitrogen and oxygen atoms in total. The third kappa shape index (κ3) is 5.52. The number of ketones is 1. The van der Waals surface area contributed by atoms with Gasteiger partial charge >= 0.3 is 0 Å². The summed E-state index contributed by atoms with van der Waals surface area (Å²) < 4.78 is 0. The van der Waals surface area contributed by atoms with Crippen LogP contribution >= 0.6 is 0 Å². The molecule has 5 fully saturated rings. The van der Waals surface area contributed by atoms with E-state index in [1.54, 1.807) is 24.4 Å². The average molecular weight is 559 g/mol. The van der Waals surface area contributed by atoms with Crippen molar-refractivity contribution in [2.45, 2.75) is 87.9 Å². The number of aliphatic hydroxyl groups is 1. The van der Waals surface area contributed by atoms with Crippen LogP contribution in [0.1, 0.15) is 69.0 Å². The van der Waals surface area contributed by atoms with E-state index in [1.165, 1.54) is 0 Å². The molecule has 216 valence electrons. The molecule has 2 aromatic rings. The molecule has 5 aliphatic rings. The number of benzene rings is 1. The highest BCUT2D eigenvalue weighted by molar-refractivity contribution is 6.38. The van der Waals surface area contributed by atoms with Crippen molar-refractivity contribution in [3.63, 3.8) is 0 Å². The van der Waals surface area contributed by atoms with E-state index in [4.69, 9.17) is 0 Å². The lowest BCUT2D eigenvalue weighted by Gasteiger charge is -2.60. The molecule has 5 saturated carbocycles. The first-order valence-electron chi connectivity index (χ1n) is 14.8. The van der Waals surface area contributed by atoms with E-state index < -0.39 is 40.2 Å². The minimum atomic E-state index is -1.12. The van der Waals surface area contributed by atoms with Gasteiger partial charge in [-0.05, 0) is 87.3 Å². The summed E-state index contributed by atoms with van der Waals surface area (Å²) in [4.78, 5) is 58.1. The number of pyridine rings is 1. The molecular formula is C32H38N4O5. The molecule has 5 aliphatic carbocycles. The zero-order valence-electron chi connectivity index (χ0n) is 23.2. The van der Waals surface area contributed by atoms with Crippen molar-refractivity contribution in [3.8, 4) is 0 Å². The van der Waals surface area contributed by atoms with Crippen molar-refractivity contribution < 1.29 is 24.3 Å². The van der Waals surface area contributed by atoms with Crippen LogP contribution in [0.2, 0.25) is 0 Å². The molecule has 0 aliphatic heterocycles. The lowest BCUT2D eigenvalue weighted by atomic mass is 9.47. The highest BCUT2D eigenvalue weighted by Gasteiger charge is 2.61. The van der Waals surface area contributed by atoms with Crippen molar-refractivity contribution in [2.75, 3.05) is 0 Å². The maximum atomic E-state index is 13.9. The van der Waals surface area contributed by atoms with Gasteiger partial charge in [0.05, 0.1) is 23.3 Å². The molecule has 0 saturated heterocycles. The molecule has 3 atom stereocenters. The molecule has 4 N–H and O–H groups in total. The van der Waals surface area contributed by atoms with E-state index in [9.17, 15) is 24.3 Å². The molecule has 4 bridgehead atoms. The Morgan fingerprint density at radius 3 is 2.24 bits per heavy atom. The normalized spacial score (nSPS) is 29.6. The number of carbonyl (C=O) groups is 4. The van der Waals surface area contributed by atoms with Gasteiger partial charge in [-0.2, -0.15) is 0 Å². The summed E-state index contributed by atoms with van der Waals surface area (Å²) in [5.41, 5.74) is -1.14. The van der Waals surface area contributed by atoms with Gasteiger partial charge in [-0.25, -0.2) is 0 Å². The van der Waals surface area contributed by atoms with E-state index in [-0.39, 0.29) is 18.9 Å². The Morgan fingerprint density at radius 2 is 1.63 bits per heavy atom. The quantitative estimate of drug-likeness (QED) is 0.331. The van der Waals surface area contributed by atoms with Crippen LogP contribution in [-0.4, -0.2) is 50.8 Å². The lowest BCUT2D eigenvalue weighted by Crippen LogP contribution is -2.69. The first-order valence-corrected chi connectivity index (χ1v) is 14.8. The number of nitrogens with zero attached hydrogens (tertiary/aromatic N) is 1. The molecule has 1 aromatic carbocycles. The SMILES string of the molecule is O=C(NCc1ccccn1)C(=O)[C@@H](Cc1ccccc1)NC(=O)C1(NC(=O)C23CC4CC(CC(O)(C4)C2)C3)CCC1. The number of rotatable bonds is 10. The van der Waals surface area contributed by atoms with Crippen LogP contribution in [0.15, 0.2) is 54.7 Å². The Bertz CT molecular complexity index is 1310. The average Bonchev–Trinajstić information content (AvgIpc) is 2.92. The van der Waals surface area contributed by atoms with E-state index in [1.807, 2.05) is 30.3 Å². The van der Waals surface area contributed by atoms with Gasteiger partial charge in [0.15, 0.2) is 0 Å². The molecule has 3 amide bonds. The monoisotopic (exact) mass is 558 g/mol. The minimum Gasteiger partial charge on any atom is -0.390 e. The number of aromatic nitrogens is 1. The number of hydrogen-bond acceptors (Lipinski definition) is 6. The molecule has 41 heavy (non-hydrogen) atoms. The summed E-state index contributed by atoms with van der Waals surface area (Å²) >= 11 is 0. The number of Topliss-reactive ketones (excluding diaryl/α,β-unsaturated/α-hetero) is 1. The standard InChI is InChI=1S/C32H38N4O5/c37-26(27(38)34-19-24-9-4-5-12-33-24)25(14-21-7-2-1-3-8-21)35-29(40)32(10-6-11-32)36-28(39)30-15-22-13-23(16-30)18-31(41,17-22)20-30/h1-5,7-9,12,22-23,25,41H,6,10-11,13-20H2,(H,34,38)(H,35,40)(H,36,39)/t22?,23?,25-,30?,31?/m1/s1. The van der Waals surface area contributed by atoms with Crippen LogP contribution in [0, 0.1) is 17.3 Å². The fraction of sp³-hybridized carbons (Fsp3) is 0.531. The molecule has 0 spiro atoms. The van der Waals surface area contributed by atoms with E-state index >= 15 is 0 Å². The van der Waals surface area contributed by atoms with E-state index in [0.717, 1.165) is 44.1 Å². The van der Waals surface area contributed by atoms with Gasteiger partial charge in [0.25, 0.3) is 5.91 Å². The minimum absolute atomic E-state index is 0.0911. The van der Waals surface area contributed by atoms with Gasteiger partial charge in [0.1, 0.15) is 11.6 Å². The topological polar surface area (TPSA) is 137 Å². The molecule has 2 unspecified atom stereocenters. The molecule has 1 heterocycles. The van der Waals surface area contributed by atoms with Crippen molar-refractivity contribution in [1.82, 2.24) is 20.9 Å². The third-order valence-electron chi connectivity index (χ3n) is 9.79. The highest BCUT2D eigenvalue weighted by atomic mass is 16.3. The first-order chi connectivity index (χ1) is 19.7. The summed E-state index contributed by atoms with van der Waals surface area (Å²) in [6.07, 6.45) is 8.00. The number of hydrogen-bond donors (Lipinski definition) is 4. The molecule has 7 rings (SSSR count). The lowest BCUT2D eigenvalue weighted by molar-refractivity contribution is -0.180. The molecule has 0 radical (unpaired) electrons. The summed E-state index contributed by atoms with van der Waals surface area (Å²) in [6.45, 7) is 0.0911. The largest absolute Gasteiger partial charge is 0.390 e. The van der Waals surface area contributed by atoms with Gasteiger partial charge in [0, 0.05) is 12.6 Å². The summed E-state index contributed by atoms with van der Waals surface area (Å²) in [5.74, 6) is -1.45. The Morgan fingerprint density at radius 1 is 0.927 bits per heavy atom. The van der Waals surface area contributed by atoms with E-state index in [0.29, 0.717) is 36.8 Å². The number of nitrogens with one attached hydrogen (secondary N) is 3. The maximum Gasteiger partial charge on any atom is 0.289 e. The third-order valence-corrected chi connectivity index (χ3v) is 9.79. The van der Waals surface area contributed by atoms with Crippen molar-refractivity contribution in [2.24, 2.45) is 17.3 Å². The van der Waals surface area contributed by atoms with Gasteiger partial charge < -0.3 is 21.1 Å². The molecule has 9 heteroatoms. The zero-order valence-corrected chi connectivity index (χ0v) is 23.2. The Kier molecular flexibility index (Phi) is 7.18. The van der Waals surface area contributed by atoms with Gasteiger partial charge in [0.2, 0.25) is 17.6 Å². The zero-order chi connectivity index (χ0) is 28.7. The second-order valence-corrected chi connectivity index (χ2v) is 12.9. The predicted octanol–water partition coefficient (Wildman–Crippen LogP) is 2.36. The number of carbonyl (C=O) groups excluding carboxylic acids is 4. The fourth-order valence-corrected chi connectivity index (χ4v) is 8.04. The highest BCUT2D eigenvalue weighted by Crippen LogP contribution is 2.61. The van der Waals surface area contributed by atoms with Crippen LogP contribution in [0.5, 0.6) is 0 Å². The van der Waals surface area contributed by atoms with Crippen molar-refractivity contribution >= 4 is 23.5 Å². The summed E-state index contributed by atoms with van der Waals surface area (Å²) in [7, 11) is 0.